The molecule has 1 aromatic rings. The molecule has 1 N–H and O–H groups in total. The summed E-state index contributed by atoms with van der Waals surface area (Å²) in [5, 5.41) is 3.51. The van der Waals surface area contributed by atoms with Gasteiger partial charge in [-0.15, -0.1) is 0 Å². The monoisotopic (exact) mass is 231 g/mol. The highest BCUT2D eigenvalue weighted by molar-refractivity contribution is 5.16. The van der Waals surface area contributed by atoms with Gasteiger partial charge in [0.05, 0.1) is 0 Å². The van der Waals surface area contributed by atoms with Gasteiger partial charge in [0.1, 0.15) is 0 Å². The van der Waals surface area contributed by atoms with Crippen molar-refractivity contribution in [3.8, 4) is 0 Å². The van der Waals surface area contributed by atoms with E-state index in [0.717, 1.165) is 24.9 Å². The Morgan fingerprint density at radius 1 is 1.41 bits per heavy atom. The lowest BCUT2D eigenvalue weighted by Gasteiger charge is -2.36. The van der Waals surface area contributed by atoms with Crippen molar-refractivity contribution < 1.29 is 0 Å². The van der Waals surface area contributed by atoms with E-state index in [1.54, 1.807) is 0 Å². The summed E-state index contributed by atoms with van der Waals surface area (Å²) < 4.78 is 0. The van der Waals surface area contributed by atoms with E-state index in [9.17, 15) is 0 Å². The fourth-order valence-electron chi connectivity index (χ4n) is 2.83. The van der Waals surface area contributed by atoms with Crippen molar-refractivity contribution in [2.24, 2.45) is 11.8 Å². The zero-order chi connectivity index (χ0) is 11.7. The van der Waals surface area contributed by atoms with E-state index in [0.29, 0.717) is 6.04 Å². The van der Waals surface area contributed by atoms with Gasteiger partial charge in [-0.1, -0.05) is 6.92 Å². The van der Waals surface area contributed by atoms with E-state index in [-0.39, 0.29) is 0 Å². The topological polar surface area (TPSA) is 28.2 Å². The van der Waals surface area contributed by atoms with E-state index < -0.39 is 0 Å². The van der Waals surface area contributed by atoms with Crippen LogP contribution in [0.2, 0.25) is 0 Å². The second kappa shape index (κ2) is 4.75. The van der Waals surface area contributed by atoms with Crippen molar-refractivity contribution in [1.82, 2.24) is 15.2 Å². The molecule has 2 fully saturated rings. The minimum absolute atomic E-state index is 0.541. The van der Waals surface area contributed by atoms with Crippen LogP contribution in [0.25, 0.3) is 0 Å². The first-order valence-corrected chi connectivity index (χ1v) is 6.69. The Hall–Kier alpha value is -0.930. The van der Waals surface area contributed by atoms with Crippen molar-refractivity contribution in [3.05, 3.63) is 30.1 Å². The molecule has 3 rings (SSSR count). The Kier molecular flexibility index (Phi) is 3.12. The van der Waals surface area contributed by atoms with Gasteiger partial charge in [0.15, 0.2) is 0 Å². The first kappa shape index (κ1) is 11.2. The fraction of sp³-hybridized carbons (Fsp3) is 0.643. The van der Waals surface area contributed by atoms with Gasteiger partial charge in [-0.25, -0.2) is 0 Å². The van der Waals surface area contributed by atoms with E-state index in [2.05, 4.69) is 34.3 Å². The van der Waals surface area contributed by atoms with Gasteiger partial charge in [0.2, 0.25) is 0 Å². The van der Waals surface area contributed by atoms with Gasteiger partial charge >= 0.3 is 0 Å². The van der Waals surface area contributed by atoms with Gasteiger partial charge < -0.3 is 5.32 Å². The zero-order valence-corrected chi connectivity index (χ0v) is 10.5. The number of hydrogen-bond acceptors (Lipinski definition) is 3. The molecular weight excluding hydrogens is 210 g/mol. The molecule has 1 aliphatic heterocycles. The lowest BCUT2D eigenvalue weighted by Crippen LogP contribution is -2.46. The molecule has 1 saturated heterocycles. The standard InChI is InChI=1S/C14H21N3/c1-11-8-13(11)10-17-7-6-16-9-14(17)12-2-4-15-5-3-12/h2-5,11,13-14,16H,6-10H2,1H3. The van der Waals surface area contributed by atoms with Crippen LogP contribution in [0.4, 0.5) is 0 Å². The van der Waals surface area contributed by atoms with E-state index >= 15 is 0 Å². The molecule has 0 aromatic carbocycles. The van der Waals surface area contributed by atoms with Crippen molar-refractivity contribution in [2.45, 2.75) is 19.4 Å². The molecule has 3 unspecified atom stereocenters. The summed E-state index contributed by atoms with van der Waals surface area (Å²) in [6.45, 7) is 7.02. The first-order valence-electron chi connectivity index (χ1n) is 6.69. The highest BCUT2D eigenvalue weighted by atomic mass is 15.2. The van der Waals surface area contributed by atoms with Crippen molar-refractivity contribution in [3.63, 3.8) is 0 Å². The summed E-state index contributed by atoms with van der Waals surface area (Å²) in [6.07, 6.45) is 5.23. The van der Waals surface area contributed by atoms with Crippen LogP contribution >= 0.6 is 0 Å². The van der Waals surface area contributed by atoms with E-state index in [1.807, 2.05) is 12.4 Å². The molecule has 3 nitrogen and oxygen atoms in total. The number of piperazine rings is 1. The Morgan fingerprint density at radius 3 is 2.88 bits per heavy atom. The molecule has 0 radical (unpaired) electrons. The number of nitrogens with one attached hydrogen (secondary N) is 1. The summed E-state index contributed by atoms with van der Waals surface area (Å²) in [7, 11) is 0. The highest BCUT2D eigenvalue weighted by Gasteiger charge is 2.36. The number of aromatic nitrogens is 1. The predicted molar refractivity (Wildman–Crippen MR) is 68.7 cm³/mol. The minimum atomic E-state index is 0.541. The predicted octanol–water partition coefficient (Wildman–Crippen LogP) is 1.68. The van der Waals surface area contributed by atoms with Crippen LogP contribution in [0, 0.1) is 11.8 Å². The first-order chi connectivity index (χ1) is 8.34. The zero-order valence-electron chi connectivity index (χ0n) is 10.5. The lowest BCUT2D eigenvalue weighted by atomic mass is 10.0. The van der Waals surface area contributed by atoms with Crippen LogP contribution in [-0.2, 0) is 0 Å². The molecule has 2 aliphatic rings. The summed E-state index contributed by atoms with van der Waals surface area (Å²) in [5.41, 5.74) is 1.40. The maximum Gasteiger partial charge on any atom is 0.0474 e. The van der Waals surface area contributed by atoms with Crippen LogP contribution in [0.3, 0.4) is 0 Å². The third-order valence-electron chi connectivity index (χ3n) is 4.19. The molecule has 1 aromatic heterocycles. The summed E-state index contributed by atoms with van der Waals surface area (Å²) >= 11 is 0. The summed E-state index contributed by atoms with van der Waals surface area (Å²) in [4.78, 5) is 6.76. The van der Waals surface area contributed by atoms with Crippen molar-refractivity contribution in [2.75, 3.05) is 26.2 Å². The maximum absolute atomic E-state index is 4.11. The van der Waals surface area contributed by atoms with Crippen LogP contribution in [0.15, 0.2) is 24.5 Å². The molecule has 2 heterocycles. The summed E-state index contributed by atoms with van der Waals surface area (Å²) in [6, 6.07) is 4.85. The number of rotatable bonds is 3. The third-order valence-corrected chi connectivity index (χ3v) is 4.19. The molecule has 17 heavy (non-hydrogen) atoms. The number of hydrogen-bond donors (Lipinski definition) is 1. The smallest absolute Gasteiger partial charge is 0.0474 e. The van der Waals surface area contributed by atoms with Crippen LogP contribution in [0.1, 0.15) is 24.9 Å². The molecule has 0 spiro atoms. The van der Waals surface area contributed by atoms with Crippen LogP contribution < -0.4 is 5.32 Å². The fourth-order valence-corrected chi connectivity index (χ4v) is 2.83. The third kappa shape index (κ3) is 2.50. The molecule has 0 bridgehead atoms. The number of nitrogens with zero attached hydrogens (tertiary/aromatic N) is 2. The Balaban J connectivity index is 1.71. The van der Waals surface area contributed by atoms with E-state index in [1.165, 1.54) is 25.1 Å². The molecule has 1 saturated carbocycles. The largest absolute Gasteiger partial charge is 0.314 e. The molecule has 3 atom stereocenters. The van der Waals surface area contributed by atoms with Crippen molar-refractivity contribution >= 4 is 0 Å². The van der Waals surface area contributed by atoms with Gasteiger partial charge in [0, 0.05) is 44.6 Å². The average molecular weight is 231 g/mol. The molecule has 1 aliphatic carbocycles. The van der Waals surface area contributed by atoms with Crippen molar-refractivity contribution in [1.29, 1.82) is 0 Å². The Bertz CT molecular complexity index is 365. The van der Waals surface area contributed by atoms with Gasteiger partial charge in [0.25, 0.3) is 0 Å². The van der Waals surface area contributed by atoms with Gasteiger partial charge in [-0.3, -0.25) is 9.88 Å². The Morgan fingerprint density at radius 2 is 2.18 bits per heavy atom. The second-order valence-corrected chi connectivity index (χ2v) is 5.47. The molecule has 3 heteroatoms. The average Bonchev–Trinajstić information content (AvgIpc) is 3.07. The second-order valence-electron chi connectivity index (χ2n) is 5.47. The van der Waals surface area contributed by atoms with Gasteiger partial charge in [-0.05, 0) is 36.0 Å². The van der Waals surface area contributed by atoms with E-state index in [4.69, 9.17) is 0 Å². The maximum atomic E-state index is 4.11. The minimum Gasteiger partial charge on any atom is -0.314 e. The highest BCUT2D eigenvalue weighted by Crippen LogP contribution is 2.39. The molecule has 0 amide bonds. The van der Waals surface area contributed by atoms with Crippen LogP contribution in [0.5, 0.6) is 0 Å². The van der Waals surface area contributed by atoms with Gasteiger partial charge in [-0.2, -0.15) is 0 Å². The molecule has 92 valence electrons. The lowest BCUT2D eigenvalue weighted by molar-refractivity contribution is 0.153. The SMILES string of the molecule is CC1CC1CN1CCNCC1c1ccncc1. The normalized spacial score (nSPS) is 33.6. The molecular formula is C14H21N3. The summed E-state index contributed by atoms with van der Waals surface area (Å²) in [5.74, 6) is 1.89. The van der Waals surface area contributed by atoms with Crippen LogP contribution in [-0.4, -0.2) is 36.1 Å². The number of pyridine rings is 1. The Labute approximate surface area is 103 Å². The quantitative estimate of drug-likeness (QED) is 0.858.